The average molecular weight is 324 g/mol. The van der Waals surface area contributed by atoms with Gasteiger partial charge in [-0.05, 0) is 39.7 Å². The SMILES string of the molecule is Cc1cc([N+](=O)[O-])cc(Cl)c1NC(C)Cc1c(C)noc1C. The van der Waals surface area contributed by atoms with E-state index in [1.54, 1.807) is 6.92 Å². The van der Waals surface area contributed by atoms with Crippen molar-refractivity contribution in [3.63, 3.8) is 0 Å². The summed E-state index contributed by atoms with van der Waals surface area (Å²) in [6.45, 7) is 7.60. The number of hydrogen-bond donors (Lipinski definition) is 1. The Morgan fingerprint density at radius 2 is 2.09 bits per heavy atom. The summed E-state index contributed by atoms with van der Waals surface area (Å²) in [6, 6.07) is 2.95. The summed E-state index contributed by atoms with van der Waals surface area (Å²) in [5.74, 6) is 0.803. The average Bonchev–Trinajstić information content (AvgIpc) is 2.74. The lowest BCUT2D eigenvalue weighted by atomic mass is 10.0. The molecule has 1 aromatic carbocycles. The first-order valence-corrected chi connectivity index (χ1v) is 7.30. The molecule has 1 N–H and O–H groups in total. The first kappa shape index (κ1) is 16.3. The van der Waals surface area contributed by atoms with Gasteiger partial charge in [0.2, 0.25) is 0 Å². The molecule has 7 heteroatoms. The van der Waals surface area contributed by atoms with Crippen LogP contribution in [0.2, 0.25) is 5.02 Å². The molecule has 0 amide bonds. The molecule has 0 fully saturated rings. The van der Waals surface area contributed by atoms with Crippen LogP contribution in [0.5, 0.6) is 0 Å². The van der Waals surface area contributed by atoms with E-state index in [-0.39, 0.29) is 11.7 Å². The van der Waals surface area contributed by atoms with Crippen molar-refractivity contribution in [3.05, 3.63) is 49.9 Å². The number of benzene rings is 1. The highest BCUT2D eigenvalue weighted by molar-refractivity contribution is 6.33. The minimum Gasteiger partial charge on any atom is -0.381 e. The van der Waals surface area contributed by atoms with Crippen molar-refractivity contribution < 1.29 is 9.45 Å². The van der Waals surface area contributed by atoms with Crippen molar-refractivity contribution in [2.45, 2.75) is 40.2 Å². The largest absolute Gasteiger partial charge is 0.381 e. The molecule has 1 aromatic heterocycles. The number of aryl methyl sites for hydroxylation is 3. The first-order chi connectivity index (χ1) is 10.3. The van der Waals surface area contributed by atoms with E-state index in [9.17, 15) is 10.1 Å². The minimum atomic E-state index is -0.448. The van der Waals surface area contributed by atoms with Crippen molar-refractivity contribution in [2.75, 3.05) is 5.32 Å². The van der Waals surface area contributed by atoms with Crippen molar-refractivity contribution in [2.24, 2.45) is 0 Å². The maximum absolute atomic E-state index is 10.8. The molecule has 22 heavy (non-hydrogen) atoms. The summed E-state index contributed by atoms with van der Waals surface area (Å²) in [6.07, 6.45) is 0.730. The fourth-order valence-electron chi connectivity index (χ4n) is 2.41. The van der Waals surface area contributed by atoms with Gasteiger partial charge in [0.1, 0.15) is 5.76 Å². The van der Waals surface area contributed by atoms with E-state index in [1.807, 2.05) is 20.8 Å². The number of rotatable bonds is 5. The van der Waals surface area contributed by atoms with Crippen molar-refractivity contribution in [3.8, 4) is 0 Å². The number of nitrogens with zero attached hydrogens (tertiary/aromatic N) is 2. The van der Waals surface area contributed by atoms with Gasteiger partial charge in [0.15, 0.2) is 0 Å². The highest BCUT2D eigenvalue weighted by Crippen LogP contribution is 2.31. The Morgan fingerprint density at radius 1 is 1.41 bits per heavy atom. The Morgan fingerprint density at radius 3 is 2.59 bits per heavy atom. The van der Waals surface area contributed by atoms with Gasteiger partial charge in [0, 0.05) is 23.7 Å². The Hall–Kier alpha value is -2.08. The molecule has 0 spiro atoms. The summed E-state index contributed by atoms with van der Waals surface area (Å²) in [5, 5.41) is 18.4. The molecular formula is C15H18ClN3O3. The topological polar surface area (TPSA) is 81.2 Å². The molecule has 2 rings (SSSR count). The molecule has 1 atom stereocenters. The lowest BCUT2D eigenvalue weighted by molar-refractivity contribution is -0.384. The molecule has 0 bridgehead atoms. The first-order valence-electron chi connectivity index (χ1n) is 6.92. The predicted octanol–water partition coefficient (Wildman–Crippen LogP) is 4.20. The number of hydrogen-bond acceptors (Lipinski definition) is 5. The van der Waals surface area contributed by atoms with Crippen LogP contribution in [-0.4, -0.2) is 16.1 Å². The molecule has 2 aromatic rings. The van der Waals surface area contributed by atoms with E-state index in [4.69, 9.17) is 16.1 Å². The van der Waals surface area contributed by atoms with Crippen LogP contribution in [-0.2, 0) is 6.42 Å². The highest BCUT2D eigenvalue weighted by atomic mass is 35.5. The summed E-state index contributed by atoms with van der Waals surface area (Å²) < 4.78 is 5.16. The van der Waals surface area contributed by atoms with Crippen LogP contribution in [0.1, 0.15) is 29.5 Å². The van der Waals surface area contributed by atoms with Crippen molar-refractivity contribution in [1.29, 1.82) is 0 Å². The molecule has 118 valence electrons. The van der Waals surface area contributed by atoms with Gasteiger partial charge in [-0.15, -0.1) is 0 Å². The third-order valence-electron chi connectivity index (χ3n) is 3.57. The third-order valence-corrected chi connectivity index (χ3v) is 3.86. The van der Waals surface area contributed by atoms with E-state index in [0.717, 1.165) is 29.0 Å². The fraction of sp³-hybridized carbons (Fsp3) is 0.400. The van der Waals surface area contributed by atoms with Crippen LogP contribution < -0.4 is 5.32 Å². The summed E-state index contributed by atoms with van der Waals surface area (Å²) in [4.78, 5) is 10.4. The number of nitro groups is 1. The van der Waals surface area contributed by atoms with Crippen LogP contribution in [0.15, 0.2) is 16.7 Å². The smallest absolute Gasteiger partial charge is 0.271 e. The maximum atomic E-state index is 10.8. The number of aromatic nitrogens is 1. The van der Waals surface area contributed by atoms with Crippen LogP contribution in [0.4, 0.5) is 11.4 Å². The number of halogens is 1. The summed E-state index contributed by atoms with van der Waals surface area (Å²) in [7, 11) is 0. The minimum absolute atomic E-state index is 0.00794. The molecule has 1 heterocycles. The zero-order valence-electron chi connectivity index (χ0n) is 12.9. The van der Waals surface area contributed by atoms with E-state index < -0.39 is 4.92 Å². The molecule has 0 aliphatic carbocycles. The van der Waals surface area contributed by atoms with E-state index in [1.165, 1.54) is 12.1 Å². The van der Waals surface area contributed by atoms with E-state index in [0.29, 0.717) is 10.7 Å². The van der Waals surface area contributed by atoms with Crippen LogP contribution in [0.3, 0.4) is 0 Å². The normalized spacial score (nSPS) is 12.2. The van der Waals surface area contributed by atoms with Gasteiger partial charge >= 0.3 is 0 Å². The summed E-state index contributed by atoms with van der Waals surface area (Å²) >= 11 is 6.17. The zero-order valence-corrected chi connectivity index (χ0v) is 13.7. The molecule has 6 nitrogen and oxygen atoms in total. The molecule has 0 aliphatic rings. The quantitative estimate of drug-likeness (QED) is 0.658. The zero-order chi connectivity index (χ0) is 16.4. The standard InChI is InChI=1S/C15H18ClN3O3/c1-8-5-12(19(20)21)7-14(16)15(8)17-9(2)6-13-10(3)18-22-11(13)4/h5,7,9,17H,6H2,1-4H3. The second-order valence-corrected chi connectivity index (χ2v) is 5.84. The Labute approximate surface area is 133 Å². The van der Waals surface area contributed by atoms with Crippen LogP contribution in [0.25, 0.3) is 0 Å². The number of anilines is 1. The van der Waals surface area contributed by atoms with Gasteiger partial charge in [0.05, 0.1) is 21.3 Å². The Kier molecular flexibility index (Phi) is 4.71. The number of non-ortho nitro benzene ring substituents is 1. The molecule has 1 unspecified atom stereocenters. The second kappa shape index (κ2) is 6.36. The lowest BCUT2D eigenvalue weighted by Crippen LogP contribution is -2.19. The molecule has 0 saturated carbocycles. The van der Waals surface area contributed by atoms with Crippen LogP contribution >= 0.6 is 11.6 Å². The summed E-state index contributed by atoms with van der Waals surface area (Å²) in [5.41, 5.74) is 3.39. The Balaban J connectivity index is 2.18. The van der Waals surface area contributed by atoms with Gasteiger partial charge in [0.25, 0.3) is 5.69 Å². The van der Waals surface area contributed by atoms with Gasteiger partial charge in [-0.1, -0.05) is 16.8 Å². The van der Waals surface area contributed by atoms with Gasteiger partial charge in [-0.2, -0.15) is 0 Å². The Bertz CT molecular complexity index is 670. The molecule has 0 aliphatic heterocycles. The van der Waals surface area contributed by atoms with Gasteiger partial charge < -0.3 is 9.84 Å². The molecule has 0 saturated heterocycles. The highest BCUT2D eigenvalue weighted by Gasteiger charge is 2.17. The van der Waals surface area contributed by atoms with Gasteiger partial charge in [-0.3, -0.25) is 10.1 Å². The molecular weight excluding hydrogens is 306 g/mol. The van der Waals surface area contributed by atoms with E-state index >= 15 is 0 Å². The maximum Gasteiger partial charge on any atom is 0.271 e. The van der Waals surface area contributed by atoms with Crippen LogP contribution in [0, 0.1) is 30.9 Å². The van der Waals surface area contributed by atoms with Crippen molar-refractivity contribution in [1.82, 2.24) is 5.16 Å². The molecule has 0 radical (unpaired) electrons. The monoisotopic (exact) mass is 323 g/mol. The number of nitro benzene ring substituents is 1. The van der Waals surface area contributed by atoms with Crippen molar-refractivity contribution >= 4 is 23.0 Å². The third kappa shape index (κ3) is 3.39. The van der Waals surface area contributed by atoms with E-state index in [2.05, 4.69) is 10.5 Å². The number of nitrogens with one attached hydrogen (secondary N) is 1. The van der Waals surface area contributed by atoms with Gasteiger partial charge in [-0.25, -0.2) is 0 Å². The second-order valence-electron chi connectivity index (χ2n) is 5.43. The fourth-order valence-corrected chi connectivity index (χ4v) is 2.73. The predicted molar refractivity (Wildman–Crippen MR) is 85.6 cm³/mol. The lowest BCUT2D eigenvalue weighted by Gasteiger charge is -2.18.